The van der Waals surface area contributed by atoms with E-state index in [0.29, 0.717) is 12.0 Å². The summed E-state index contributed by atoms with van der Waals surface area (Å²) in [7, 11) is 0. The Morgan fingerprint density at radius 1 is 1.33 bits per heavy atom. The van der Waals surface area contributed by atoms with Crippen LogP contribution < -0.4 is 5.32 Å². The fourth-order valence-corrected chi connectivity index (χ4v) is 2.13. The number of fused-ring (bicyclic) bond motifs is 1. The van der Waals surface area contributed by atoms with E-state index in [4.69, 9.17) is 0 Å². The van der Waals surface area contributed by atoms with E-state index in [0.717, 1.165) is 6.54 Å². The summed E-state index contributed by atoms with van der Waals surface area (Å²) in [5.41, 5.74) is 0. The van der Waals surface area contributed by atoms with Crippen molar-refractivity contribution in [3.63, 3.8) is 0 Å². The number of aliphatic hydroxyl groups is 1. The normalized spacial score (nSPS) is 49.7. The van der Waals surface area contributed by atoms with Gasteiger partial charge in [0, 0.05) is 18.5 Å². The summed E-state index contributed by atoms with van der Waals surface area (Å²) >= 11 is 0. The third-order valence-corrected chi connectivity index (χ3v) is 2.65. The second-order valence-electron chi connectivity index (χ2n) is 3.18. The first-order valence-electron chi connectivity index (χ1n) is 3.79. The first kappa shape index (κ1) is 5.69. The number of hydrogen-bond acceptors (Lipinski definition) is 2. The SMILES string of the molecule is O[C@@H]1CN[C@@H]2CCC[C@H]12. The molecular weight excluding hydrogens is 114 g/mol. The Hall–Kier alpha value is -0.0800. The summed E-state index contributed by atoms with van der Waals surface area (Å²) in [6.07, 6.45) is 3.78. The van der Waals surface area contributed by atoms with Crippen LogP contribution in [-0.2, 0) is 0 Å². The largest absolute Gasteiger partial charge is 0.391 e. The molecule has 0 radical (unpaired) electrons. The third kappa shape index (κ3) is 0.775. The molecule has 9 heavy (non-hydrogen) atoms. The molecule has 0 aromatic carbocycles. The molecule has 2 nitrogen and oxygen atoms in total. The Kier molecular flexibility index (Phi) is 1.24. The topological polar surface area (TPSA) is 32.3 Å². The van der Waals surface area contributed by atoms with Gasteiger partial charge in [0.15, 0.2) is 0 Å². The highest BCUT2D eigenvalue weighted by molar-refractivity contribution is 4.94. The van der Waals surface area contributed by atoms with Gasteiger partial charge in [0.05, 0.1) is 6.10 Å². The zero-order chi connectivity index (χ0) is 6.27. The van der Waals surface area contributed by atoms with Crippen LogP contribution >= 0.6 is 0 Å². The molecule has 0 amide bonds. The number of rotatable bonds is 0. The van der Waals surface area contributed by atoms with E-state index < -0.39 is 0 Å². The molecule has 0 unspecified atom stereocenters. The minimum atomic E-state index is -0.0440. The maximum absolute atomic E-state index is 9.34. The molecule has 52 valence electrons. The van der Waals surface area contributed by atoms with Crippen LogP contribution in [0, 0.1) is 5.92 Å². The quantitative estimate of drug-likeness (QED) is 0.484. The van der Waals surface area contributed by atoms with Gasteiger partial charge in [-0.2, -0.15) is 0 Å². The molecule has 2 fully saturated rings. The van der Waals surface area contributed by atoms with E-state index in [1.807, 2.05) is 0 Å². The molecule has 2 rings (SSSR count). The highest BCUT2D eigenvalue weighted by Gasteiger charge is 2.37. The molecule has 1 aliphatic carbocycles. The van der Waals surface area contributed by atoms with Crippen LogP contribution in [0.5, 0.6) is 0 Å². The zero-order valence-corrected chi connectivity index (χ0v) is 5.51. The Morgan fingerprint density at radius 2 is 2.22 bits per heavy atom. The maximum atomic E-state index is 9.34. The molecule has 2 heteroatoms. The summed E-state index contributed by atoms with van der Waals surface area (Å²) < 4.78 is 0. The maximum Gasteiger partial charge on any atom is 0.0707 e. The standard InChI is InChI=1S/C7H13NO/c9-7-4-8-6-3-1-2-5(6)7/h5-9H,1-4H2/t5-,6+,7+/m0/s1. The van der Waals surface area contributed by atoms with Crippen LogP contribution in [-0.4, -0.2) is 23.8 Å². The monoisotopic (exact) mass is 127 g/mol. The summed E-state index contributed by atoms with van der Waals surface area (Å²) in [6.45, 7) is 0.829. The Bertz CT molecular complexity index is 115. The number of nitrogens with one attached hydrogen (secondary N) is 1. The Morgan fingerprint density at radius 3 is 3.00 bits per heavy atom. The average Bonchev–Trinajstić information content (AvgIpc) is 2.35. The summed E-state index contributed by atoms with van der Waals surface area (Å²) in [5, 5.41) is 12.7. The highest BCUT2D eigenvalue weighted by Crippen LogP contribution is 2.31. The van der Waals surface area contributed by atoms with Crippen LogP contribution in [0.1, 0.15) is 19.3 Å². The molecular formula is C7H13NO. The molecule has 1 saturated carbocycles. The van der Waals surface area contributed by atoms with Crippen molar-refractivity contribution in [1.29, 1.82) is 0 Å². The molecule has 2 aliphatic rings. The predicted octanol–water partition coefficient (Wildman–Crippen LogP) is 0.119. The average molecular weight is 127 g/mol. The lowest BCUT2D eigenvalue weighted by molar-refractivity contribution is 0.144. The van der Waals surface area contributed by atoms with Crippen molar-refractivity contribution in [3.05, 3.63) is 0 Å². The van der Waals surface area contributed by atoms with Crippen LogP contribution in [0.2, 0.25) is 0 Å². The van der Waals surface area contributed by atoms with Gasteiger partial charge in [-0.15, -0.1) is 0 Å². The van der Waals surface area contributed by atoms with Gasteiger partial charge in [-0.05, 0) is 12.8 Å². The smallest absolute Gasteiger partial charge is 0.0707 e. The first-order valence-corrected chi connectivity index (χ1v) is 3.79. The molecule has 1 heterocycles. The fourth-order valence-electron chi connectivity index (χ4n) is 2.13. The predicted molar refractivity (Wildman–Crippen MR) is 35.1 cm³/mol. The number of hydrogen-bond donors (Lipinski definition) is 2. The first-order chi connectivity index (χ1) is 4.38. The van der Waals surface area contributed by atoms with Crippen molar-refractivity contribution < 1.29 is 5.11 Å². The second kappa shape index (κ2) is 1.96. The van der Waals surface area contributed by atoms with Crippen LogP contribution in [0.15, 0.2) is 0 Å². The highest BCUT2D eigenvalue weighted by atomic mass is 16.3. The zero-order valence-electron chi connectivity index (χ0n) is 5.51. The summed E-state index contributed by atoms with van der Waals surface area (Å²) in [5.74, 6) is 0.588. The van der Waals surface area contributed by atoms with Gasteiger partial charge in [0.2, 0.25) is 0 Å². The van der Waals surface area contributed by atoms with Gasteiger partial charge >= 0.3 is 0 Å². The molecule has 0 spiro atoms. The van der Waals surface area contributed by atoms with E-state index in [-0.39, 0.29) is 6.10 Å². The molecule has 2 N–H and O–H groups in total. The molecule has 0 aromatic rings. The van der Waals surface area contributed by atoms with Crippen molar-refractivity contribution in [2.24, 2.45) is 5.92 Å². The van der Waals surface area contributed by atoms with Crippen molar-refractivity contribution >= 4 is 0 Å². The van der Waals surface area contributed by atoms with E-state index in [2.05, 4.69) is 5.32 Å². The van der Waals surface area contributed by atoms with Gasteiger partial charge in [0.25, 0.3) is 0 Å². The third-order valence-electron chi connectivity index (χ3n) is 2.65. The lowest BCUT2D eigenvalue weighted by atomic mass is 10.0. The fraction of sp³-hybridized carbons (Fsp3) is 1.00. The van der Waals surface area contributed by atoms with E-state index in [9.17, 15) is 5.11 Å². The van der Waals surface area contributed by atoms with Gasteiger partial charge in [-0.3, -0.25) is 0 Å². The van der Waals surface area contributed by atoms with E-state index >= 15 is 0 Å². The van der Waals surface area contributed by atoms with Crippen molar-refractivity contribution in [2.45, 2.75) is 31.4 Å². The second-order valence-corrected chi connectivity index (χ2v) is 3.18. The molecule has 1 aliphatic heterocycles. The van der Waals surface area contributed by atoms with Crippen LogP contribution in [0.25, 0.3) is 0 Å². The van der Waals surface area contributed by atoms with Gasteiger partial charge in [-0.1, -0.05) is 6.42 Å². The van der Waals surface area contributed by atoms with E-state index in [1.165, 1.54) is 19.3 Å². The summed E-state index contributed by atoms with van der Waals surface area (Å²) in [4.78, 5) is 0. The van der Waals surface area contributed by atoms with Gasteiger partial charge in [0.1, 0.15) is 0 Å². The Balaban J connectivity index is 2.07. The van der Waals surface area contributed by atoms with Crippen LogP contribution in [0.4, 0.5) is 0 Å². The minimum Gasteiger partial charge on any atom is -0.391 e. The number of aliphatic hydroxyl groups excluding tert-OH is 1. The summed E-state index contributed by atoms with van der Waals surface area (Å²) in [6, 6.07) is 0.653. The van der Waals surface area contributed by atoms with Crippen LogP contribution in [0.3, 0.4) is 0 Å². The van der Waals surface area contributed by atoms with Crippen molar-refractivity contribution in [2.75, 3.05) is 6.54 Å². The lowest BCUT2D eigenvalue weighted by Crippen LogP contribution is -2.21. The van der Waals surface area contributed by atoms with Crippen molar-refractivity contribution in [3.8, 4) is 0 Å². The minimum absolute atomic E-state index is 0.0440. The molecule has 3 atom stereocenters. The lowest BCUT2D eigenvalue weighted by Gasteiger charge is -2.09. The Labute approximate surface area is 55.3 Å². The van der Waals surface area contributed by atoms with Gasteiger partial charge in [-0.25, -0.2) is 0 Å². The number of β-amino-alcohol motifs (C(OH)–C–C–N with tert-alkyl or cyclic N) is 1. The van der Waals surface area contributed by atoms with Crippen molar-refractivity contribution in [1.82, 2.24) is 5.32 Å². The molecule has 0 aromatic heterocycles. The molecule has 0 bridgehead atoms. The van der Waals surface area contributed by atoms with E-state index in [1.54, 1.807) is 0 Å². The molecule has 1 saturated heterocycles. The van der Waals surface area contributed by atoms with Gasteiger partial charge < -0.3 is 10.4 Å².